The van der Waals surface area contributed by atoms with Gasteiger partial charge in [-0.1, -0.05) is 6.92 Å². The Hall–Kier alpha value is -1.29. The summed E-state index contributed by atoms with van der Waals surface area (Å²) >= 11 is 0. The van der Waals surface area contributed by atoms with Crippen LogP contribution < -0.4 is 15.0 Å². The lowest BCUT2D eigenvalue weighted by Crippen LogP contribution is -2.51. The number of rotatable bonds is 4. The topological polar surface area (TPSA) is 37.4 Å². The zero-order valence-electron chi connectivity index (χ0n) is 13.1. The highest BCUT2D eigenvalue weighted by Gasteiger charge is 2.37. The van der Waals surface area contributed by atoms with Crippen LogP contribution in [0.1, 0.15) is 39.0 Å². The minimum absolute atomic E-state index is 0.441. The van der Waals surface area contributed by atoms with Crippen molar-refractivity contribution in [1.82, 2.24) is 10.3 Å². The Labute approximate surface area is 127 Å². The Morgan fingerprint density at radius 1 is 1.38 bits per heavy atom. The highest BCUT2D eigenvalue weighted by atomic mass is 16.5. The summed E-state index contributed by atoms with van der Waals surface area (Å²) in [7, 11) is 0. The molecule has 3 rings (SSSR count). The third-order valence-corrected chi connectivity index (χ3v) is 4.73. The van der Waals surface area contributed by atoms with Gasteiger partial charge in [-0.25, -0.2) is 4.98 Å². The number of nitrogens with zero attached hydrogens (tertiary/aromatic N) is 2. The molecule has 0 radical (unpaired) electrons. The summed E-state index contributed by atoms with van der Waals surface area (Å²) in [5.74, 6) is 1.98. The first-order valence-electron chi connectivity index (χ1n) is 8.36. The van der Waals surface area contributed by atoms with Crippen molar-refractivity contribution in [2.75, 3.05) is 37.7 Å². The lowest BCUT2D eigenvalue weighted by Gasteiger charge is -2.46. The predicted octanol–water partition coefficient (Wildman–Crippen LogP) is 2.84. The van der Waals surface area contributed by atoms with Gasteiger partial charge in [-0.2, -0.15) is 0 Å². The summed E-state index contributed by atoms with van der Waals surface area (Å²) in [6.45, 7) is 7.44. The standard InChI is InChI=1S/C17H27N3O/c1-2-12-21-15-6-3-10-19-16(15)20-11-5-8-17(14-20)7-4-9-18-13-17/h3,6,10,18H,2,4-5,7-9,11-14H2,1H3. The summed E-state index contributed by atoms with van der Waals surface area (Å²) in [4.78, 5) is 7.06. The molecule has 0 saturated carbocycles. The fraction of sp³-hybridized carbons (Fsp3) is 0.706. The molecule has 0 aromatic carbocycles. The molecule has 21 heavy (non-hydrogen) atoms. The van der Waals surface area contributed by atoms with Crippen LogP contribution in [0.3, 0.4) is 0 Å². The monoisotopic (exact) mass is 289 g/mol. The van der Waals surface area contributed by atoms with E-state index in [-0.39, 0.29) is 0 Å². The molecule has 1 aromatic rings. The van der Waals surface area contributed by atoms with E-state index in [9.17, 15) is 0 Å². The number of pyridine rings is 1. The number of ether oxygens (including phenoxy) is 1. The molecular weight excluding hydrogens is 262 g/mol. The van der Waals surface area contributed by atoms with E-state index in [2.05, 4.69) is 28.2 Å². The van der Waals surface area contributed by atoms with E-state index < -0.39 is 0 Å². The summed E-state index contributed by atoms with van der Waals surface area (Å²) < 4.78 is 5.90. The molecule has 0 amide bonds. The predicted molar refractivity (Wildman–Crippen MR) is 86.0 cm³/mol. The van der Waals surface area contributed by atoms with Crippen molar-refractivity contribution in [3.05, 3.63) is 18.3 Å². The largest absolute Gasteiger partial charge is 0.490 e. The maximum absolute atomic E-state index is 5.90. The van der Waals surface area contributed by atoms with Crippen LogP contribution in [0.2, 0.25) is 0 Å². The first-order valence-corrected chi connectivity index (χ1v) is 8.36. The summed E-state index contributed by atoms with van der Waals surface area (Å²) in [5.41, 5.74) is 0.441. The van der Waals surface area contributed by atoms with E-state index in [1.807, 2.05) is 12.3 Å². The van der Waals surface area contributed by atoms with Crippen LogP contribution in [0.4, 0.5) is 5.82 Å². The Kier molecular flexibility index (Phi) is 4.63. The van der Waals surface area contributed by atoms with Crippen molar-refractivity contribution < 1.29 is 4.74 Å². The Morgan fingerprint density at radius 2 is 2.29 bits per heavy atom. The molecule has 1 atom stereocenters. The minimum Gasteiger partial charge on any atom is -0.490 e. The van der Waals surface area contributed by atoms with E-state index in [4.69, 9.17) is 4.74 Å². The second-order valence-electron chi connectivity index (χ2n) is 6.48. The van der Waals surface area contributed by atoms with Gasteiger partial charge < -0.3 is 15.0 Å². The van der Waals surface area contributed by atoms with Crippen LogP contribution in [0, 0.1) is 5.41 Å². The highest BCUT2D eigenvalue weighted by Crippen LogP contribution is 2.39. The van der Waals surface area contributed by atoms with Crippen LogP contribution in [0.15, 0.2) is 18.3 Å². The summed E-state index contributed by atoms with van der Waals surface area (Å²) in [6, 6.07) is 4.02. The maximum atomic E-state index is 5.90. The van der Waals surface area contributed by atoms with Crippen molar-refractivity contribution in [3.63, 3.8) is 0 Å². The number of piperidine rings is 2. The molecular formula is C17H27N3O. The molecule has 1 N–H and O–H groups in total. The van der Waals surface area contributed by atoms with Gasteiger partial charge in [0.2, 0.25) is 0 Å². The van der Waals surface area contributed by atoms with Gasteiger partial charge in [0, 0.05) is 31.2 Å². The van der Waals surface area contributed by atoms with E-state index in [0.717, 1.165) is 44.2 Å². The van der Waals surface area contributed by atoms with Crippen molar-refractivity contribution >= 4 is 5.82 Å². The molecule has 4 nitrogen and oxygen atoms in total. The quantitative estimate of drug-likeness (QED) is 0.925. The number of anilines is 1. The Morgan fingerprint density at radius 3 is 3.10 bits per heavy atom. The van der Waals surface area contributed by atoms with E-state index in [0.29, 0.717) is 5.41 Å². The fourth-order valence-corrected chi connectivity index (χ4v) is 3.71. The number of aromatic nitrogens is 1. The van der Waals surface area contributed by atoms with Gasteiger partial charge in [0.15, 0.2) is 11.6 Å². The molecule has 0 aliphatic carbocycles. The SMILES string of the molecule is CCCOc1cccnc1N1CCCC2(CCCNC2)C1. The van der Waals surface area contributed by atoms with Crippen LogP contribution in [-0.4, -0.2) is 37.8 Å². The van der Waals surface area contributed by atoms with Crippen molar-refractivity contribution in [2.45, 2.75) is 39.0 Å². The molecule has 2 aliphatic rings. The van der Waals surface area contributed by atoms with Gasteiger partial charge in [0.1, 0.15) is 0 Å². The molecule has 2 fully saturated rings. The van der Waals surface area contributed by atoms with Crippen molar-refractivity contribution in [1.29, 1.82) is 0 Å². The van der Waals surface area contributed by atoms with Gasteiger partial charge in [-0.15, -0.1) is 0 Å². The van der Waals surface area contributed by atoms with Gasteiger partial charge in [-0.05, 0) is 50.8 Å². The van der Waals surface area contributed by atoms with Gasteiger partial charge in [0.05, 0.1) is 6.61 Å². The summed E-state index contributed by atoms with van der Waals surface area (Å²) in [6.07, 6.45) is 8.15. The second-order valence-corrected chi connectivity index (χ2v) is 6.48. The number of hydrogen-bond acceptors (Lipinski definition) is 4. The van der Waals surface area contributed by atoms with Crippen LogP contribution in [0.5, 0.6) is 5.75 Å². The molecule has 1 unspecified atom stereocenters. The highest BCUT2D eigenvalue weighted by molar-refractivity contribution is 5.52. The normalized spacial score (nSPS) is 26.0. The second kappa shape index (κ2) is 6.65. The molecule has 0 bridgehead atoms. The number of nitrogens with one attached hydrogen (secondary N) is 1. The van der Waals surface area contributed by atoms with E-state index in [1.54, 1.807) is 0 Å². The average molecular weight is 289 g/mol. The van der Waals surface area contributed by atoms with Crippen molar-refractivity contribution in [2.24, 2.45) is 5.41 Å². The maximum Gasteiger partial charge on any atom is 0.171 e. The van der Waals surface area contributed by atoms with Crippen molar-refractivity contribution in [3.8, 4) is 5.75 Å². The third kappa shape index (κ3) is 3.31. The molecule has 2 aliphatic heterocycles. The minimum atomic E-state index is 0.441. The Bertz CT molecular complexity index is 452. The zero-order chi connectivity index (χ0) is 14.5. The molecule has 1 spiro atoms. The smallest absolute Gasteiger partial charge is 0.171 e. The van der Waals surface area contributed by atoms with E-state index in [1.165, 1.54) is 32.2 Å². The number of hydrogen-bond donors (Lipinski definition) is 1. The molecule has 116 valence electrons. The molecule has 2 saturated heterocycles. The fourth-order valence-electron chi connectivity index (χ4n) is 3.71. The van der Waals surface area contributed by atoms with Gasteiger partial charge >= 0.3 is 0 Å². The average Bonchev–Trinajstić information content (AvgIpc) is 2.54. The molecule has 4 heteroatoms. The van der Waals surface area contributed by atoms with Crippen LogP contribution in [-0.2, 0) is 0 Å². The van der Waals surface area contributed by atoms with E-state index >= 15 is 0 Å². The zero-order valence-corrected chi connectivity index (χ0v) is 13.1. The third-order valence-electron chi connectivity index (χ3n) is 4.73. The molecule has 1 aromatic heterocycles. The lowest BCUT2D eigenvalue weighted by atomic mass is 9.74. The summed E-state index contributed by atoms with van der Waals surface area (Å²) in [5, 5.41) is 3.59. The first kappa shape index (κ1) is 14.6. The van der Waals surface area contributed by atoms with Gasteiger partial charge in [0.25, 0.3) is 0 Å². The van der Waals surface area contributed by atoms with Crippen LogP contribution in [0.25, 0.3) is 0 Å². The molecule has 3 heterocycles. The van der Waals surface area contributed by atoms with Gasteiger partial charge in [-0.3, -0.25) is 0 Å². The van der Waals surface area contributed by atoms with Crippen LogP contribution >= 0.6 is 0 Å². The first-order chi connectivity index (χ1) is 10.3. The lowest BCUT2D eigenvalue weighted by molar-refractivity contribution is 0.172. The Balaban J connectivity index is 1.76.